The lowest BCUT2D eigenvalue weighted by atomic mass is 9.93. The van der Waals surface area contributed by atoms with E-state index in [1.165, 1.54) is 11.3 Å². The molecule has 0 unspecified atom stereocenters. The van der Waals surface area contributed by atoms with Gasteiger partial charge >= 0.3 is 11.8 Å². The number of nitrogens with one attached hydrogen (secondary N) is 1. The number of aryl methyl sites for hydroxylation is 2. The Morgan fingerprint density at radius 3 is 2.54 bits per heavy atom. The number of carbonyl (C=O) groups excluding carboxylic acids is 3. The van der Waals surface area contributed by atoms with Crippen LogP contribution in [0.2, 0.25) is 0 Å². The van der Waals surface area contributed by atoms with Gasteiger partial charge in [0.25, 0.3) is 0 Å². The van der Waals surface area contributed by atoms with Crippen molar-refractivity contribution in [1.82, 2.24) is 9.80 Å². The zero-order valence-electron chi connectivity index (χ0n) is 15.6. The first-order valence-corrected chi connectivity index (χ1v) is 9.42. The van der Waals surface area contributed by atoms with Gasteiger partial charge in [-0.2, -0.15) is 0 Å². The summed E-state index contributed by atoms with van der Waals surface area (Å²) in [4.78, 5) is 40.4. The highest BCUT2D eigenvalue weighted by molar-refractivity contribution is 6.35. The number of amides is 3. The van der Waals surface area contributed by atoms with E-state index in [0.717, 1.165) is 42.5 Å². The summed E-state index contributed by atoms with van der Waals surface area (Å²) in [5, 5.41) is 2.85. The van der Waals surface area contributed by atoms with Gasteiger partial charge in [0, 0.05) is 24.8 Å². The van der Waals surface area contributed by atoms with Crippen LogP contribution < -0.4 is 5.32 Å². The summed E-state index contributed by atoms with van der Waals surface area (Å²) >= 11 is 0. The van der Waals surface area contributed by atoms with Crippen molar-refractivity contribution in [3.8, 4) is 0 Å². The van der Waals surface area contributed by atoms with Crippen LogP contribution in [0.1, 0.15) is 43.2 Å². The van der Waals surface area contributed by atoms with Crippen molar-refractivity contribution in [2.24, 2.45) is 0 Å². The van der Waals surface area contributed by atoms with Crippen LogP contribution >= 0.6 is 0 Å². The predicted octanol–water partition coefficient (Wildman–Crippen LogP) is 2.25. The average molecular weight is 357 g/mol. The van der Waals surface area contributed by atoms with E-state index in [4.69, 9.17) is 0 Å². The van der Waals surface area contributed by atoms with Crippen molar-refractivity contribution in [3.63, 3.8) is 0 Å². The number of carbonyl (C=O) groups is 3. The number of anilines is 1. The van der Waals surface area contributed by atoms with Gasteiger partial charge in [0.1, 0.15) is 6.54 Å². The maximum absolute atomic E-state index is 12.5. The Balaban J connectivity index is 1.58. The highest BCUT2D eigenvalue weighted by atomic mass is 16.2. The molecule has 3 rings (SSSR count). The molecule has 1 N–H and O–H groups in total. The summed E-state index contributed by atoms with van der Waals surface area (Å²) in [6.45, 7) is 4.73. The van der Waals surface area contributed by atoms with E-state index in [0.29, 0.717) is 13.1 Å². The molecule has 26 heavy (non-hydrogen) atoms. The van der Waals surface area contributed by atoms with Crippen molar-refractivity contribution < 1.29 is 14.4 Å². The normalized spacial score (nSPS) is 19.0. The Bertz CT molecular complexity index is 710. The lowest BCUT2D eigenvalue weighted by Crippen LogP contribution is -2.58. The first-order valence-electron chi connectivity index (χ1n) is 9.42. The van der Waals surface area contributed by atoms with E-state index in [-0.39, 0.29) is 18.5 Å². The van der Waals surface area contributed by atoms with E-state index in [1.54, 1.807) is 4.90 Å². The molecule has 0 radical (unpaired) electrons. The van der Waals surface area contributed by atoms with Crippen molar-refractivity contribution in [2.75, 3.05) is 25.0 Å². The van der Waals surface area contributed by atoms with Crippen molar-refractivity contribution in [1.29, 1.82) is 0 Å². The van der Waals surface area contributed by atoms with Gasteiger partial charge in [-0.3, -0.25) is 14.4 Å². The van der Waals surface area contributed by atoms with Gasteiger partial charge in [0.05, 0.1) is 0 Å². The summed E-state index contributed by atoms with van der Waals surface area (Å²) in [5.74, 6) is -1.29. The number of hydrogen-bond acceptors (Lipinski definition) is 3. The van der Waals surface area contributed by atoms with Crippen LogP contribution in [0.15, 0.2) is 18.2 Å². The summed E-state index contributed by atoms with van der Waals surface area (Å²) in [6.07, 6.45) is 5.39. The second kappa shape index (κ2) is 7.89. The number of nitrogens with zero attached hydrogens (tertiary/aromatic N) is 2. The molecule has 1 saturated heterocycles. The molecule has 3 amide bonds. The third-order valence-corrected chi connectivity index (χ3v) is 5.36. The highest BCUT2D eigenvalue weighted by Gasteiger charge is 2.37. The van der Waals surface area contributed by atoms with Crippen molar-refractivity contribution in [2.45, 2.75) is 52.0 Å². The van der Waals surface area contributed by atoms with Gasteiger partial charge in [-0.15, -0.1) is 0 Å². The number of benzene rings is 1. The molecule has 1 aliphatic heterocycles. The largest absolute Gasteiger partial charge is 0.330 e. The topological polar surface area (TPSA) is 69.7 Å². The van der Waals surface area contributed by atoms with Crippen LogP contribution in [0, 0.1) is 13.8 Å². The SMILES string of the molecule is Cc1ccc(C)c(NC(=O)CN2CCN(C3CCCCC3)C(=O)C2=O)c1. The van der Waals surface area contributed by atoms with Gasteiger partial charge in [-0.1, -0.05) is 31.4 Å². The Kier molecular flexibility index (Phi) is 5.59. The molecule has 1 heterocycles. The van der Waals surface area contributed by atoms with E-state index in [9.17, 15) is 14.4 Å². The van der Waals surface area contributed by atoms with E-state index in [2.05, 4.69) is 5.32 Å². The number of hydrogen-bond donors (Lipinski definition) is 1. The summed E-state index contributed by atoms with van der Waals surface area (Å²) in [6, 6.07) is 6.02. The van der Waals surface area contributed by atoms with E-state index >= 15 is 0 Å². The Labute approximate surface area is 154 Å². The average Bonchev–Trinajstić information content (AvgIpc) is 2.63. The maximum Gasteiger partial charge on any atom is 0.312 e. The molecule has 1 saturated carbocycles. The fourth-order valence-corrected chi connectivity index (χ4v) is 3.82. The quantitative estimate of drug-likeness (QED) is 0.840. The molecule has 0 atom stereocenters. The molecule has 6 heteroatoms. The molecule has 140 valence electrons. The minimum absolute atomic E-state index is 0.0868. The zero-order valence-corrected chi connectivity index (χ0v) is 15.6. The smallest absolute Gasteiger partial charge is 0.312 e. The highest BCUT2D eigenvalue weighted by Crippen LogP contribution is 2.24. The molecular weight excluding hydrogens is 330 g/mol. The number of piperazine rings is 1. The Morgan fingerprint density at radius 2 is 1.81 bits per heavy atom. The standard InChI is InChI=1S/C20H27N3O3/c1-14-8-9-15(2)17(12-14)21-18(24)13-22-10-11-23(20(26)19(22)25)16-6-4-3-5-7-16/h8-9,12,16H,3-7,10-11,13H2,1-2H3,(H,21,24). The predicted molar refractivity (Wildman–Crippen MR) is 99.7 cm³/mol. The molecule has 1 aliphatic carbocycles. The molecule has 2 aliphatic rings. The first kappa shape index (κ1) is 18.4. The lowest BCUT2D eigenvalue weighted by molar-refractivity contribution is -0.158. The molecule has 2 fully saturated rings. The lowest BCUT2D eigenvalue weighted by Gasteiger charge is -2.39. The van der Waals surface area contributed by atoms with Gasteiger partial charge in [0.2, 0.25) is 5.91 Å². The molecular formula is C20H27N3O3. The molecule has 1 aromatic rings. The molecule has 0 aromatic heterocycles. The van der Waals surface area contributed by atoms with Crippen LogP contribution in [-0.2, 0) is 14.4 Å². The summed E-state index contributed by atoms with van der Waals surface area (Å²) < 4.78 is 0. The monoisotopic (exact) mass is 357 g/mol. The maximum atomic E-state index is 12.5. The Hall–Kier alpha value is -2.37. The second-order valence-corrected chi connectivity index (χ2v) is 7.38. The Morgan fingerprint density at radius 1 is 1.08 bits per heavy atom. The van der Waals surface area contributed by atoms with Crippen LogP contribution in [0.3, 0.4) is 0 Å². The second-order valence-electron chi connectivity index (χ2n) is 7.38. The molecule has 1 aromatic carbocycles. The first-order chi connectivity index (χ1) is 12.5. The van der Waals surface area contributed by atoms with Crippen LogP contribution in [-0.4, -0.2) is 53.2 Å². The van der Waals surface area contributed by atoms with Gasteiger partial charge < -0.3 is 15.1 Å². The molecule has 0 spiro atoms. The fourth-order valence-electron chi connectivity index (χ4n) is 3.82. The fraction of sp³-hybridized carbons (Fsp3) is 0.550. The minimum atomic E-state index is -0.557. The van der Waals surface area contributed by atoms with Crippen LogP contribution in [0.25, 0.3) is 0 Å². The van der Waals surface area contributed by atoms with Crippen LogP contribution in [0.5, 0.6) is 0 Å². The summed E-state index contributed by atoms with van der Waals surface area (Å²) in [7, 11) is 0. The van der Waals surface area contributed by atoms with Crippen LogP contribution in [0.4, 0.5) is 5.69 Å². The van der Waals surface area contributed by atoms with Gasteiger partial charge in [-0.25, -0.2) is 0 Å². The van der Waals surface area contributed by atoms with E-state index in [1.807, 2.05) is 32.0 Å². The van der Waals surface area contributed by atoms with E-state index < -0.39 is 11.8 Å². The third-order valence-electron chi connectivity index (χ3n) is 5.36. The third kappa shape index (κ3) is 4.06. The minimum Gasteiger partial charge on any atom is -0.330 e. The van der Waals surface area contributed by atoms with Gasteiger partial charge in [0.15, 0.2) is 0 Å². The van der Waals surface area contributed by atoms with Crippen molar-refractivity contribution >= 4 is 23.4 Å². The molecule has 0 bridgehead atoms. The zero-order chi connectivity index (χ0) is 18.7. The number of rotatable bonds is 4. The van der Waals surface area contributed by atoms with Crippen molar-refractivity contribution in [3.05, 3.63) is 29.3 Å². The molecule has 6 nitrogen and oxygen atoms in total. The van der Waals surface area contributed by atoms with Gasteiger partial charge in [-0.05, 0) is 43.9 Å². The summed E-state index contributed by atoms with van der Waals surface area (Å²) in [5.41, 5.74) is 2.77.